The quantitative estimate of drug-likeness (QED) is 0.350. The van der Waals surface area contributed by atoms with Crippen LogP contribution >= 0.6 is 0 Å². The van der Waals surface area contributed by atoms with Gasteiger partial charge in [0.25, 0.3) is 11.7 Å². The summed E-state index contributed by atoms with van der Waals surface area (Å²) in [6, 6.07) is 18.5. The average Bonchev–Trinajstić information content (AvgIpc) is 3.09. The lowest BCUT2D eigenvalue weighted by Gasteiger charge is -2.25. The third-order valence-corrected chi connectivity index (χ3v) is 5.62. The van der Waals surface area contributed by atoms with Crippen LogP contribution in [-0.2, 0) is 16.0 Å². The van der Waals surface area contributed by atoms with Crippen molar-refractivity contribution in [2.45, 2.75) is 19.4 Å². The zero-order valence-corrected chi connectivity index (χ0v) is 17.7. The molecule has 4 rings (SSSR count). The van der Waals surface area contributed by atoms with E-state index >= 15 is 0 Å². The molecule has 6 heteroatoms. The van der Waals surface area contributed by atoms with E-state index in [4.69, 9.17) is 4.74 Å². The summed E-state index contributed by atoms with van der Waals surface area (Å²) in [5.41, 5.74) is 2.44. The van der Waals surface area contributed by atoms with Crippen LogP contribution in [0.15, 0.2) is 78.4 Å². The highest BCUT2D eigenvalue weighted by atomic mass is 19.1. The Bertz CT molecular complexity index is 1180. The van der Waals surface area contributed by atoms with Gasteiger partial charge in [-0.3, -0.25) is 14.5 Å². The predicted molar refractivity (Wildman–Crippen MR) is 120 cm³/mol. The van der Waals surface area contributed by atoms with Gasteiger partial charge in [-0.2, -0.15) is 0 Å². The summed E-state index contributed by atoms with van der Waals surface area (Å²) in [4.78, 5) is 27.5. The van der Waals surface area contributed by atoms with Crippen molar-refractivity contribution in [1.29, 1.82) is 0 Å². The molecular weight excluding hydrogens is 409 g/mol. The maximum absolute atomic E-state index is 13.6. The molecule has 0 spiro atoms. The third-order valence-electron chi connectivity index (χ3n) is 5.62. The summed E-state index contributed by atoms with van der Waals surface area (Å²) >= 11 is 0. The molecule has 0 aromatic heterocycles. The molecule has 1 heterocycles. The van der Waals surface area contributed by atoms with Crippen molar-refractivity contribution >= 4 is 23.1 Å². The zero-order chi connectivity index (χ0) is 22.8. The van der Waals surface area contributed by atoms with Gasteiger partial charge < -0.3 is 9.84 Å². The molecule has 3 aromatic carbocycles. The van der Waals surface area contributed by atoms with Gasteiger partial charge in [0.05, 0.1) is 18.7 Å². The minimum atomic E-state index is -0.898. The van der Waals surface area contributed by atoms with Gasteiger partial charge in [-0.1, -0.05) is 31.2 Å². The molecular formula is C26H22FNO4. The zero-order valence-electron chi connectivity index (χ0n) is 17.7. The highest BCUT2D eigenvalue weighted by Crippen LogP contribution is 2.42. The van der Waals surface area contributed by atoms with Gasteiger partial charge in [0.2, 0.25) is 0 Å². The van der Waals surface area contributed by atoms with Crippen molar-refractivity contribution in [2.75, 3.05) is 12.0 Å². The number of aliphatic hydroxyl groups excluding tert-OH is 1. The van der Waals surface area contributed by atoms with E-state index in [-0.39, 0.29) is 11.3 Å². The summed E-state index contributed by atoms with van der Waals surface area (Å²) in [7, 11) is 1.53. The second kappa shape index (κ2) is 8.67. The van der Waals surface area contributed by atoms with Crippen LogP contribution in [0, 0.1) is 5.82 Å². The number of methoxy groups -OCH3 is 1. The number of nitrogens with zero attached hydrogens (tertiary/aromatic N) is 1. The number of benzene rings is 3. The first-order chi connectivity index (χ1) is 15.4. The van der Waals surface area contributed by atoms with Gasteiger partial charge in [-0.25, -0.2) is 4.39 Å². The van der Waals surface area contributed by atoms with Crippen LogP contribution < -0.4 is 9.64 Å². The van der Waals surface area contributed by atoms with Gasteiger partial charge in [0, 0.05) is 11.3 Å². The number of carbonyl (C=O) groups is 2. The molecule has 1 fully saturated rings. The maximum Gasteiger partial charge on any atom is 0.300 e. The smallest absolute Gasteiger partial charge is 0.300 e. The highest BCUT2D eigenvalue weighted by molar-refractivity contribution is 6.51. The Morgan fingerprint density at radius 1 is 0.969 bits per heavy atom. The number of hydrogen-bond acceptors (Lipinski definition) is 4. The number of Topliss-reactive ketones (excluding diaryl/α,β-unsaturated/α-hetero) is 1. The van der Waals surface area contributed by atoms with Gasteiger partial charge in [-0.05, 0) is 66.1 Å². The van der Waals surface area contributed by atoms with Crippen molar-refractivity contribution in [2.24, 2.45) is 0 Å². The number of hydrogen-bond donors (Lipinski definition) is 1. The Labute approximate surface area is 185 Å². The minimum absolute atomic E-state index is 0.0497. The molecule has 1 unspecified atom stereocenters. The molecule has 0 saturated carbocycles. The summed E-state index contributed by atoms with van der Waals surface area (Å²) < 4.78 is 18.7. The van der Waals surface area contributed by atoms with Crippen molar-refractivity contribution in [3.8, 4) is 5.75 Å². The van der Waals surface area contributed by atoms with Gasteiger partial charge in [0.15, 0.2) is 0 Å². The first-order valence-electron chi connectivity index (χ1n) is 10.2. The number of carbonyl (C=O) groups excluding carboxylic acids is 2. The Balaban J connectivity index is 1.89. The molecule has 0 aliphatic carbocycles. The third kappa shape index (κ3) is 3.75. The normalized spacial score (nSPS) is 17.6. The van der Waals surface area contributed by atoms with Crippen molar-refractivity contribution in [3.63, 3.8) is 0 Å². The van der Waals surface area contributed by atoms with Gasteiger partial charge >= 0.3 is 0 Å². The SMILES string of the molecule is CCc1ccc(N2C(=O)C(=O)/C(=C(/O)c3ccc(OC)cc3)C2c2ccc(F)cc2)cc1. The largest absolute Gasteiger partial charge is 0.507 e. The van der Waals surface area contributed by atoms with E-state index in [1.807, 2.05) is 19.1 Å². The molecule has 1 amide bonds. The van der Waals surface area contributed by atoms with E-state index in [1.165, 1.54) is 36.3 Å². The summed E-state index contributed by atoms with van der Waals surface area (Å²) in [6.07, 6.45) is 0.831. The van der Waals surface area contributed by atoms with Crippen LogP contribution in [0.2, 0.25) is 0 Å². The number of aliphatic hydroxyl groups is 1. The van der Waals surface area contributed by atoms with Gasteiger partial charge in [0.1, 0.15) is 17.3 Å². The lowest BCUT2D eigenvalue weighted by molar-refractivity contribution is -0.132. The molecule has 1 aliphatic rings. The number of anilines is 1. The molecule has 162 valence electrons. The molecule has 0 radical (unpaired) electrons. The number of ether oxygens (including phenoxy) is 1. The van der Waals surface area contributed by atoms with Crippen LogP contribution in [0.1, 0.15) is 29.7 Å². The molecule has 32 heavy (non-hydrogen) atoms. The fourth-order valence-corrected chi connectivity index (χ4v) is 3.86. The van der Waals surface area contributed by atoms with E-state index in [0.29, 0.717) is 22.6 Å². The van der Waals surface area contributed by atoms with Crippen LogP contribution in [0.3, 0.4) is 0 Å². The number of amides is 1. The molecule has 5 nitrogen and oxygen atoms in total. The number of ketones is 1. The minimum Gasteiger partial charge on any atom is -0.507 e. The van der Waals surface area contributed by atoms with E-state index in [1.54, 1.807) is 36.4 Å². The first-order valence-corrected chi connectivity index (χ1v) is 10.2. The second-order valence-corrected chi connectivity index (χ2v) is 7.47. The Kier molecular flexibility index (Phi) is 5.77. The Hall–Kier alpha value is -3.93. The summed E-state index contributed by atoms with van der Waals surface area (Å²) in [5.74, 6) is -1.69. The van der Waals surface area contributed by atoms with Crippen molar-refractivity contribution in [3.05, 3.63) is 101 Å². The van der Waals surface area contributed by atoms with E-state index in [2.05, 4.69) is 0 Å². The molecule has 3 aromatic rings. The predicted octanol–water partition coefficient (Wildman–Crippen LogP) is 5.02. The van der Waals surface area contributed by atoms with Crippen LogP contribution in [-0.4, -0.2) is 23.9 Å². The summed E-state index contributed by atoms with van der Waals surface area (Å²) in [5, 5.41) is 11.1. The maximum atomic E-state index is 13.6. The highest BCUT2D eigenvalue weighted by Gasteiger charge is 2.46. The fourth-order valence-electron chi connectivity index (χ4n) is 3.86. The molecule has 1 atom stereocenters. The number of halogens is 1. The molecule has 1 aliphatic heterocycles. The average molecular weight is 431 g/mol. The van der Waals surface area contributed by atoms with Crippen LogP contribution in [0.25, 0.3) is 5.76 Å². The van der Waals surface area contributed by atoms with Crippen LogP contribution in [0.5, 0.6) is 5.75 Å². The Morgan fingerprint density at radius 3 is 2.16 bits per heavy atom. The molecule has 0 bridgehead atoms. The molecule has 1 N–H and O–H groups in total. The lowest BCUT2D eigenvalue weighted by Crippen LogP contribution is -2.29. The van der Waals surface area contributed by atoms with E-state index in [0.717, 1.165) is 12.0 Å². The van der Waals surface area contributed by atoms with Crippen molar-refractivity contribution in [1.82, 2.24) is 0 Å². The standard InChI is InChI=1S/C26H22FNO4/c1-3-16-4-12-20(13-5-16)28-23(17-6-10-19(27)11-7-17)22(25(30)26(28)31)24(29)18-8-14-21(32-2)15-9-18/h4-15,23,29H,3H2,1-2H3/b24-22+. The monoisotopic (exact) mass is 431 g/mol. The van der Waals surface area contributed by atoms with E-state index in [9.17, 15) is 19.1 Å². The summed E-state index contributed by atoms with van der Waals surface area (Å²) in [6.45, 7) is 2.02. The Morgan fingerprint density at radius 2 is 1.59 bits per heavy atom. The first kappa shape index (κ1) is 21.3. The van der Waals surface area contributed by atoms with Gasteiger partial charge in [-0.15, -0.1) is 0 Å². The van der Waals surface area contributed by atoms with Crippen LogP contribution in [0.4, 0.5) is 10.1 Å². The number of aryl methyl sites for hydroxylation is 1. The van der Waals surface area contributed by atoms with Crippen molar-refractivity contribution < 1.29 is 23.8 Å². The second-order valence-electron chi connectivity index (χ2n) is 7.47. The topological polar surface area (TPSA) is 66.8 Å². The lowest BCUT2D eigenvalue weighted by atomic mass is 9.95. The fraction of sp³-hybridized carbons (Fsp3) is 0.154. The molecule has 1 saturated heterocycles. The number of rotatable bonds is 5. The van der Waals surface area contributed by atoms with E-state index < -0.39 is 23.5 Å².